The number of carbonyl (C=O) groups is 2. The molecule has 0 aliphatic heterocycles. The van der Waals surface area contributed by atoms with Gasteiger partial charge in [-0.25, -0.2) is 0 Å². The third-order valence-corrected chi connectivity index (χ3v) is 3.54. The van der Waals surface area contributed by atoms with Gasteiger partial charge in [0.05, 0.1) is 5.92 Å². The summed E-state index contributed by atoms with van der Waals surface area (Å²) in [7, 11) is 0. The molecule has 1 atom stereocenters. The van der Waals surface area contributed by atoms with Crippen LogP contribution in [0.25, 0.3) is 0 Å². The Morgan fingerprint density at radius 3 is 1.62 bits per heavy atom. The van der Waals surface area contributed by atoms with Crippen LogP contribution in [0.15, 0.2) is 0 Å². The summed E-state index contributed by atoms with van der Waals surface area (Å²) in [6.07, 6.45) is 10.3. The first-order valence-electron chi connectivity index (χ1n) is 7.52. The van der Waals surface area contributed by atoms with Gasteiger partial charge >= 0.3 is 11.9 Å². The number of hydrogen-bond acceptors (Lipinski definition) is 2. The zero-order valence-electron chi connectivity index (χ0n) is 12.9. The lowest BCUT2D eigenvalue weighted by atomic mass is 9.98. The van der Waals surface area contributed by atoms with E-state index in [1.54, 1.807) is 0 Å². The van der Waals surface area contributed by atoms with Crippen LogP contribution in [0.2, 0.25) is 0 Å². The number of carboxylic acids is 2. The van der Waals surface area contributed by atoms with Gasteiger partial charge in [-0.15, -0.1) is 24.8 Å². The van der Waals surface area contributed by atoms with E-state index in [1.165, 1.54) is 6.42 Å². The Bertz CT molecular complexity index is 260. The Morgan fingerprint density at radius 1 is 0.810 bits per heavy atom. The highest BCUT2D eigenvalue weighted by molar-refractivity contribution is 5.85. The largest absolute Gasteiger partial charge is 0.481 e. The fourth-order valence-corrected chi connectivity index (χ4v) is 2.23. The van der Waals surface area contributed by atoms with Gasteiger partial charge in [-0.05, 0) is 19.3 Å². The maximum Gasteiger partial charge on any atom is 0.306 e. The van der Waals surface area contributed by atoms with Crippen molar-refractivity contribution in [3.63, 3.8) is 0 Å². The quantitative estimate of drug-likeness (QED) is 0.464. The van der Waals surface area contributed by atoms with Gasteiger partial charge in [0.1, 0.15) is 0 Å². The first kappa shape index (κ1) is 25.5. The number of unbranched alkanes of at least 4 members (excludes halogenated alkanes) is 7. The summed E-state index contributed by atoms with van der Waals surface area (Å²) in [6, 6.07) is 0. The van der Waals surface area contributed by atoms with E-state index in [2.05, 4.69) is 0 Å². The monoisotopic (exact) mass is 344 g/mol. The summed E-state index contributed by atoms with van der Waals surface area (Å²) in [5.41, 5.74) is 0. The van der Waals surface area contributed by atoms with Crippen molar-refractivity contribution in [3.05, 3.63) is 0 Å². The van der Waals surface area contributed by atoms with Gasteiger partial charge in [-0.1, -0.05) is 51.9 Å². The van der Waals surface area contributed by atoms with Gasteiger partial charge in [0, 0.05) is 6.42 Å². The summed E-state index contributed by atoms with van der Waals surface area (Å²) < 4.78 is 0. The van der Waals surface area contributed by atoms with Crippen molar-refractivity contribution in [1.29, 1.82) is 0 Å². The van der Waals surface area contributed by atoms with Crippen LogP contribution < -0.4 is 0 Å². The van der Waals surface area contributed by atoms with Gasteiger partial charge in [0.25, 0.3) is 0 Å². The highest BCUT2D eigenvalue weighted by Gasteiger charge is 2.13. The topological polar surface area (TPSA) is 74.6 Å². The fourth-order valence-electron chi connectivity index (χ4n) is 2.23. The number of hydrogen-bond donors (Lipinski definition) is 2. The molecule has 0 aromatic rings. The molecule has 0 aromatic heterocycles. The van der Waals surface area contributed by atoms with Crippen molar-refractivity contribution in [3.8, 4) is 0 Å². The van der Waals surface area contributed by atoms with Gasteiger partial charge in [-0.2, -0.15) is 0 Å². The lowest BCUT2D eigenvalue weighted by Gasteiger charge is -2.08. The molecule has 0 fully saturated rings. The molecule has 0 aromatic carbocycles. The van der Waals surface area contributed by atoms with Gasteiger partial charge in [0.15, 0.2) is 0 Å². The van der Waals surface area contributed by atoms with Gasteiger partial charge < -0.3 is 10.2 Å². The lowest BCUT2D eigenvalue weighted by molar-refractivity contribution is -0.142. The second-order valence-electron chi connectivity index (χ2n) is 5.20. The molecule has 0 aliphatic carbocycles. The van der Waals surface area contributed by atoms with E-state index in [0.29, 0.717) is 0 Å². The van der Waals surface area contributed by atoms with Crippen molar-refractivity contribution in [2.45, 2.75) is 77.6 Å². The van der Waals surface area contributed by atoms with E-state index in [0.717, 1.165) is 57.8 Å². The third-order valence-electron chi connectivity index (χ3n) is 3.54. The average Bonchev–Trinajstić information content (AvgIpc) is 2.35. The van der Waals surface area contributed by atoms with E-state index in [4.69, 9.17) is 10.2 Å². The van der Waals surface area contributed by atoms with Crippen LogP contribution in [0.3, 0.4) is 0 Å². The zero-order valence-corrected chi connectivity index (χ0v) is 14.5. The van der Waals surface area contributed by atoms with Crippen molar-refractivity contribution >= 4 is 36.8 Å². The summed E-state index contributed by atoms with van der Waals surface area (Å²) in [5.74, 6) is -1.54. The minimum atomic E-state index is -0.705. The van der Waals surface area contributed by atoms with Crippen LogP contribution in [-0.2, 0) is 9.59 Å². The predicted octanol–water partition coefficient (Wildman–Crippen LogP) is 4.93. The molecule has 1 unspecified atom stereocenters. The van der Waals surface area contributed by atoms with Crippen molar-refractivity contribution in [1.82, 2.24) is 0 Å². The Balaban J connectivity index is -0.00000162. The molecular formula is C15H30Cl2O4. The minimum absolute atomic E-state index is 0. The second kappa shape index (κ2) is 17.6. The maximum absolute atomic E-state index is 10.8. The van der Waals surface area contributed by atoms with Crippen molar-refractivity contribution < 1.29 is 19.8 Å². The molecule has 0 spiro atoms. The molecule has 0 saturated carbocycles. The molecule has 128 valence electrons. The molecule has 4 nitrogen and oxygen atoms in total. The van der Waals surface area contributed by atoms with Crippen LogP contribution >= 0.6 is 24.8 Å². The Kier molecular flexibility index (Phi) is 21.3. The maximum atomic E-state index is 10.8. The predicted molar refractivity (Wildman–Crippen MR) is 89.7 cm³/mol. The molecule has 0 heterocycles. The molecule has 0 bridgehead atoms. The molecule has 0 amide bonds. The zero-order chi connectivity index (χ0) is 14.5. The summed E-state index contributed by atoms with van der Waals surface area (Å²) in [6.45, 7) is 1.93. The molecule has 6 heteroatoms. The van der Waals surface area contributed by atoms with E-state index in [-0.39, 0.29) is 37.2 Å². The van der Waals surface area contributed by atoms with E-state index in [1.807, 2.05) is 6.92 Å². The van der Waals surface area contributed by atoms with Crippen LogP contribution in [0, 0.1) is 5.92 Å². The van der Waals surface area contributed by atoms with Crippen LogP contribution in [0.5, 0.6) is 0 Å². The Labute approximate surface area is 140 Å². The molecule has 0 saturated heterocycles. The summed E-state index contributed by atoms with van der Waals surface area (Å²) in [4.78, 5) is 21.1. The fraction of sp³-hybridized carbons (Fsp3) is 0.867. The number of halogens is 2. The molecule has 0 radical (unpaired) electrons. The molecule has 21 heavy (non-hydrogen) atoms. The number of carboxylic acid groups (broad SMARTS) is 2. The number of aliphatic carboxylic acids is 2. The third kappa shape index (κ3) is 17.5. The SMILES string of the molecule is CCC(CCCCCCCCCCC(=O)O)C(=O)O.Cl.Cl. The average molecular weight is 345 g/mol. The summed E-state index contributed by atoms with van der Waals surface area (Å²) in [5, 5.41) is 17.4. The Morgan fingerprint density at radius 2 is 1.24 bits per heavy atom. The van der Waals surface area contributed by atoms with Gasteiger partial charge in [0.2, 0.25) is 0 Å². The first-order valence-corrected chi connectivity index (χ1v) is 7.52. The van der Waals surface area contributed by atoms with Crippen LogP contribution in [-0.4, -0.2) is 22.2 Å². The second-order valence-corrected chi connectivity index (χ2v) is 5.20. The Hall–Kier alpha value is -0.480. The van der Waals surface area contributed by atoms with E-state index in [9.17, 15) is 9.59 Å². The van der Waals surface area contributed by atoms with Crippen LogP contribution in [0.1, 0.15) is 77.6 Å². The normalized spacial score (nSPS) is 11.1. The molecule has 0 rings (SSSR count). The molecule has 2 N–H and O–H groups in total. The van der Waals surface area contributed by atoms with Crippen molar-refractivity contribution in [2.75, 3.05) is 0 Å². The van der Waals surface area contributed by atoms with E-state index >= 15 is 0 Å². The smallest absolute Gasteiger partial charge is 0.306 e. The van der Waals surface area contributed by atoms with Gasteiger partial charge in [-0.3, -0.25) is 9.59 Å². The minimum Gasteiger partial charge on any atom is -0.481 e. The highest BCUT2D eigenvalue weighted by atomic mass is 35.5. The standard InChI is InChI=1S/C15H28O4.2ClH/c1-2-13(15(18)19)11-9-7-5-3-4-6-8-10-12-14(16)17;;/h13H,2-12H2,1H3,(H,16,17)(H,18,19);2*1H. The van der Waals surface area contributed by atoms with E-state index < -0.39 is 11.9 Å². The first-order chi connectivity index (χ1) is 9.07. The van der Waals surface area contributed by atoms with Crippen molar-refractivity contribution in [2.24, 2.45) is 5.92 Å². The summed E-state index contributed by atoms with van der Waals surface area (Å²) >= 11 is 0. The molecular weight excluding hydrogens is 315 g/mol. The highest BCUT2D eigenvalue weighted by Crippen LogP contribution is 2.15. The number of rotatable bonds is 13. The lowest BCUT2D eigenvalue weighted by Crippen LogP contribution is -2.12. The molecule has 0 aliphatic rings. The van der Waals surface area contributed by atoms with Crippen LogP contribution in [0.4, 0.5) is 0 Å².